The van der Waals surface area contributed by atoms with E-state index in [1.807, 2.05) is 0 Å². The molecule has 3 heteroatoms. The van der Waals surface area contributed by atoms with Gasteiger partial charge in [-0.15, -0.1) is 0 Å². The van der Waals surface area contributed by atoms with Crippen LogP contribution in [0.1, 0.15) is 23.1 Å². The summed E-state index contributed by atoms with van der Waals surface area (Å²) in [7, 11) is 0. The molecule has 1 fully saturated rings. The third kappa shape index (κ3) is 4.22. The normalized spacial score (nSPS) is 17.2. The van der Waals surface area contributed by atoms with Crippen molar-refractivity contribution in [1.29, 1.82) is 0 Å². The minimum atomic E-state index is 0.782. The fourth-order valence-electron chi connectivity index (χ4n) is 2.80. The summed E-state index contributed by atoms with van der Waals surface area (Å²) >= 11 is 0. The van der Waals surface area contributed by atoms with Crippen LogP contribution in [-0.4, -0.2) is 44.2 Å². The Balaban J connectivity index is 1.85. The van der Waals surface area contributed by atoms with Gasteiger partial charge in [0.05, 0.1) is 0 Å². The Hall–Kier alpha value is -1.06. The average Bonchev–Trinajstić information content (AvgIpc) is 2.61. The molecular weight excluding hydrogens is 236 g/mol. The van der Waals surface area contributed by atoms with Gasteiger partial charge in [0.15, 0.2) is 0 Å². The zero-order valence-corrected chi connectivity index (χ0v) is 12.5. The fourth-order valence-corrected chi connectivity index (χ4v) is 2.80. The first-order chi connectivity index (χ1) is 9.16. The van der Waals surface area contributed by atoms with Crippen molar-refractivity contribution < 1.29 is 4.74 Å². The van der Waals surface area contributed by atoms with Gasteiger partial charge in [-0.2, -0.15) is 0 Å². The SMILES string of the molecule is Cc1cc(C)c(OCCN2CCCNCC2)c(C)c1. The molecule has 0 bridgehead atoms. The Morgan fingerprint density at radius 3 is 2.58 bits per heavy atom. The van der Waals surface area contributed by atoms with Crippen LogP contribution in [0, 0.1) is 20.8 Å². The number of hydrogen-bond acceptors (Lipinski definition) is 3. The molecule has 1 aliphatic rings. The van der Waals surface area contributed by atoms with E-state index in [0.29, 0.717) is 0 Å². The van der Waals surface area contributed by atoms with Crippen molar-refractivity contribution in [2.45, 2.75) is 27.2 Å². The summed E-state index contributed by atoms with van der Waals surface area (Å²) in [4.78, 5) is 2.48. The lowest BCUT2D eigenvalue weighted by Gasteiger charge is -2.20. The molecule has 1 saturated heterocycles. The van der Waals surface area contributed by atoms with Crippen molar-refractivity contribution in [3.8, 4) is 5.75 Å². The molecule has 1 heterocycles. The van der Waals surface area contributed by atoms with Gasteiger partial charge in [0, 0.05) is 19.6 Å². The van der Waals surface area contributed by atoms with Crippen LogP contribution in [-0.2, 0) is 0 Å². The predicted molar refractivity (Wildman–Crippen MR) is 80.1 cm³/mol. The van der Waals surface area contributed by atoms with E-state index in [-0.39, 0.29) is 0 Å². The molecule has 106 valence electrons. The van der Waals surface area contributed by atoms with Crippen molar-refractivity contribution in [3.05, 3.63) is 28.8 Å². The maximum Gasteiger partial charge on any atom is 0.125 e. The van der Waals surface area contributed by atoms with Gasteiger partial charge in [0.2, 0.25) is 0 Å². The highest BCUT2D eigenvalue weighted by Crippen LogP contribution is 2.24. The van der Waals surface area contributed by atoms with E-state index in [9.17, 15) is 0 Å². The Morgan fingerprint density at radius 2 is 1.84 bits per heavy atom. The van der Waals surface area contributed by atoms with Gasteiger partial charge in [-0.3, -0.25) is 4.90 Å². The highest BCUT2D eigenvalue weighted by atomic mass is 16.5. The maximum absolute atomic E-state index is 6.00. The second kappa shape index (κ2) is 6.92. The molecule has 1 aromatic carbocycles. The standard InChI is InChI=1S/C16H26N2O/c1-13-11-14(2)16(15(3)12-13)19-10-9-18-7-4-5-17-6-8-18/h11-12,17H,4-10H2,1-3H3. The average molecular weight is 262 g/mol. The Kier molecular flexibility index (Phi) is 5.23. The van der Waals surface area contributed by atoms with Crippen LogP contribution >= 0.6 is 0 Å². The lowest BCUT2D eigenvalue weighted by atomic mass is 10.1. The molecule has 2 rings (SSSR count). The van der Waals surface area contributed by atoms with Crippen molar-refractivity contribution in [3.63, 3.8) is 0 Å². The number of nitrogens with zero attached hydrogens (tertiary/aromatic N) is 1. The molecule has 0 saturated carbocycles. The summed E-state index contributed by atoms with van der Waals surface area (Å²) in [6, 6.07) is 4.39. The van der Waals surface area contributed by atoms with Crippen LogP contribution in [0.3, 0.4) is 0 Å². The monoisotopic (exact) mass is 262 g/mol. The van der Waals surface area contributed by atoms with Gasteiger partial charge in [-0.25, -0.2) is 0 Å². The van der Waals surface area contributed by atoms with Crippen LogP contribution in [0.15, 0.2) is 12.1 Å². The van der Waals surface area contributed by atoms with Crippen molar-refractivity contribution in [1.82, 2.24) is 10.2 Å². The molecule has 0 atom stereocenters. The molecule has 19 heavy (non-hydrogen) atoms. The van der Waals surface area contributed by atoms with E-state index < -0.39 is 0 Å². The van der Waals surface area contributed by atoms with Gasteiger partial charge in [-0.05, 0) is 51.4 Å². The molecular formula is C16H26N2O. The van der Waals surface area contributed by atoms with Crippen LogP contribution in [0.2, 0.25) is 0 Å². The van der Waals surface area contributed by atoms with E-state index in [0.717, 1.165) is 38.5 Å². The highest BCUT2D eigenvalue weighted by Gasteiger charge is 2.09. The van der Waals surface area contributed by atoms with E-state index in [1.165, 1.54) is 29.7 Å². The second-order valence-corrected chi connectivity index (χ2v) is 5.52. The van der Waals surface area contributed by atoms with Crippen molar-refractivity contribution in [2.75, 3.05) is 39.3 Å². The molecule has 1 aromatic rings. The summed E-state index contributed by atoms with van der Waals surface area (Å²) in [5.41, 5.74) is 3.80. The number of ether oxygens (including phenoxy) is 1. The van der Waals surface area contributed by atoms with Gasteiger partial charge in [0.1, 0.15) is 12.4 Å². The molecule has 0 aliphatic carbocycles. The van der Waals surface area contributed by atoms with Gasteiger partial charge in [0.25, 0.3) is 0 Å². The van der Waals surface area contributed by atoms with Gasteiger partial charge < -0.3 is 10.1 Å². The molecule has 0 spiro atoms. The number of rotatable bonds is 4. The summed E-state index contributed by atoms with van der Waals surface area (Å²) in [6.07, 6.45) is 1.24. The maximum atomic E-state index is 6.00. The smallest absolute Gasteiger partial charge is 0.125 e. The van der Waals surface area contributed by atoms with Crippen molar-refractivity contribution >= 4 is 0 Å². The summed E-state index contributed by atoms with van der Waals surface area (Å²) < 4.78 is 6.00. The zero-order chi connectivity index (χ0) is 13.7. The third-order valence-corrected chi connectivity index (χ3v) is 3.69. The molecule has 1 aliphatic heterocycles. The Labute approximate surface area is 116 Å². The van der Waals surface area contributed by atoms with Gasteiger partial charge in [-0.1, -0.05) is 17.7 Å². The van der Waals surface area contributed by atoms with E-state index in [4.69, 9.17) is 4.74 Å². The van der Waals surface area contributed by atoms with E-state index in [1.54, 1.807) is 0 Å². The Bertz CT molecular complexity index is 386. The minimum Gasteiger partial charge on any atom is -0.492 e. The summed E-state index contributed by atoms with van der Waals surface area (Å²) in [5.74, 6) is 1.07. The van der Waals surface area contributed by atoms with Crippen molar-refractivity contribution in [2.24, 2.45) is 0 Å². The van der Waals surface area contributed by atoms with Gasteiger partial charge >= 0.3 is 0 Å². The molecule has 0 radical (unpaired) electrons. The quantitative estimate of drug-likeness (QED) is 0.901. The van der Waals surface area contributed by atoms with Crippen LogP contribution in [0.4, 0.5) is 0 Å². The van der Waals surface area contributed by atoms with Crippen LogP contribution in [0.25, 0.3) is 0 Å². The number of benzene rings is 1. The lowest BCUT2D eigenvalue weighted by Crippen LogP contribution is -2.32. The molecule has 0 aromatic heterocycles. The largest absolute Gasteiger partial charge is 0.492 e. The number of nitrogens with one attached hydrogen (secondary N) is 1. The number of aryl methyl sites for hydroxylation is 3. The minimum absolute atomic E-state index is 0.782. The van der Waals surface area contributed by atoms with E-state index in [2.05, 4.69) is 43.1 Å². The Morgan fingerprint density at radius 1 is 1.11 bits per heavy atom. The zero-order valence-electron chi connectivity index (χ0n) is 12.5. The summed E-state index contributed by atoms with van der Waals surface area (Å²) in [5, 5.41) is 3.43. The molecule has 0 unspecified atom stereocenters. The first kappa shape index (κ1) is 14.4. The first-order valence-corrected chi connectivity index (χ1v) is 7.30. The second-order valence-electron chi connectivity index (χ2n) is 5.52. The predicted octanol–water partition coefficient (Wildman–Crippen LogP) is 2.29. The van der Waals surface area contributed by atoms with E-state index >= 15 is 0 Å². The fraction of sp³-hybridized carbons (Fsp3) is 0.625. The van der Waals surface area contributed by atoms with Crippen LogP contribution < -0.4 is 10.1 Å². The molecule has 0 amide bonds. The lowest BCUT2D eigenvalue weighted by molar-refractivity contribution is 0.216. The number of hydrogen-bond donors (Lipinski definition) is 1. The molecule has 3 nitrogen and oxygen atoms in total. The first-order valence-electron chi connectivity index (χ1n) is 7.30. The highest BCUT2D eigenvalue weighted by molar-refractivity contribution is 5.42. The summed E-state index contributed by atoms with van der Waals surface area (Å²) in [6.45, 7) is 12.8. The van der Waals surface area contributed by atoms with Crippen LogP contribution in [0.5, 0.6) is 5.75 Å². The molecule has 1 N–H and O–H groups in total. The third-order valence-electron chi connectivity index (χ3n) is 3.69. The topological polar surface area (TPSA) is 24.5 Å².